The maximum Gasteiger partial charge on any atom is 0.251 e. The number of fused-ring (bicyclic) bond motifs is 1. The second-order valence-corrected chi connectivity index (χ2v) is 7.42. The van der Waals surface area contributed by atoms with Gasteiger partial charge in [0.25, 0.3) is 5.56 Å². The number of aliphatic hydroxyl groups is 1. The van der Waals surface area contributed by atoms with E-state index in [2.05, 4.69) is 4.98 Å². The molecule has 2 heterocycles. The van der Waals surface area contributed by atoms with Crippen LogP contribution < -0.4 is 5.56 Å². The number of benzene rings is 2. The van der Waals surface area contributed by atoms with Crippen LogP contribution in [0.2, 0.25) is 10.0 Å². The van der Waals surface area contributed by atoms with Gasteiger partial charge in [0.1, 0.15) is 6.10 Å². The first-order chi connectivity index (χ1) is 13.4. The highest BCUT2D eigenvalue weighted by Gasteiger charge is 2.16. The predicted octanol–water partition coefficient (Wildman–Crippen LogP) is 4.99. The lowest BCUT2D eigenvalue weighted by atomic mass is 9.99. The zero-order valence-electron chi connectivity index (χ0n) is 14.9. The first-order valence-corrected chi connectivity index (χ1v) is 9.39. The topological polar surface area (TPSA) is 55.1 Å². The van der Waals surface area contributed by atoms with Crippen LogP contribution in [0.5, 0.6) is 0 Å². The monoisotopic (exact) mass is 410 g/mol. The van der Waals surface area contributed by atoms with Crippen LogP contribution in [-0.4, -0.2) is 14.7 Å². The highest BCUT2D eigenvalue weighted by Crippen LogP contribution is 2.31. The average molecular weight is 411 g/mol. The van der Waals surface area contributed by atoms with Crippen LogP contribution in [0.1, 0.15) is 17.4 Å². The van der Waals surface area contributed by atoms with Crippen molar-refractivity contribution in [3.63, 3.8) is 0 Å². The maximum atomic E-state index is 12.4. The lowest BCUT2D eigenvalue weighted by Crippen LogP contribution is -2.17. The van der Waals surface area contributed by atoms with E-state index >= 15 is 0 Å². The van der Waals surface area contributed by atoms with Crippen molar-refractivity contribution in [1.82, 2.24) is 9.55 Å². The largest absolute Gasteiger partial charge is 0.382 e. The Morgan fingerprint density at radius 2 is 1.75 bits per heavy atom. The van der Waals surface area contributed by atoms with E-state index in [4.69, 9.17) is 23.2 Å². The molecule has 0 amide bonds. The predicted molar refractivity (Wildman–Crippen MR) is 113 cm³/mol. The quantitative estimate of drug-likeness (QED) is 0.517. The SMILES string of the molecule is Cn1c(=O)cc(-c2cccc(Cl)c2)c2cc(C(O)c3ccc(Cl)cc3)ncc21. The van der Waals surface area contributed by atoms with E-state index in [9.17, 15) is 9.90 Å². The van der Waals surface area contributed by atoms with Gasteiger partial charge in [0.15, 0.2) is 0 Å². The molecule has 1 atom stereocenters. The highest BCUT2D eigenvalue weighted by atomic mass is 35.5. The van der Waals surface area contributed by atoms with E-state index in [1.807, 2.05) is 24.3 Å². The Bertz CT molecular complexity index is 1230. The summed E-state index contributed by atoms with van der Waals surface area (Å²) in [4.78, 5) is 16.8. The summed E-state index contributed by atoms with van der Waals surface area (Å²) in [5.41, 5.74) is 3.27. The van der Waals surface area contributed by atoms with Crippen molar-refractivity contribution >= 4 is 34.1 Å². The Kier molecular flexibility index (Phi) is 4.94. The average Bonchev–Trinajstić information content (AvgIpc) is 2.70. The number of rotatable bonds is 3. The summed E-state index contributed by atoms with van der Waals surface area (Å²) in [6.45, 7) is 0. The lowest BCUT2D eigenvalue weighted by Gasteiger charge is -2.15. The van der Waals surface area contributed by atoms with Crippen molar-refractivity contribution in [2.24, 2.45) is 7.05 Å². The van der Waals surface area contributed by atoms with Gasteiger partial charge in [0, 0.05) is 28.5 Å². The summed E-state index contributed by atoms with van der Waals surface area (Å²) >= 11 is 12.1. The van der Waals surface area contributed by atoms with Crippen molar-refractivity contribution < 1.29 is 5.11 Å². The van der Waals surface area contributed by atoms with Gasteiger partial charge < -0.3 is 9.67 Å². The van der Waals surface area contributed by atoms with E-state index in [0.717, 1.165) is 16.5 Å². The third-order valence-electron chi connectivity index (χ3n) is 4.76. The number of aliphatic hydroxyl groups excluding tert-OH is 1. The third kappa shape index (κ3) is 3.42. The molecular formula is C22H16Cl2N2O2. The maximum absolute atomic E-state index is 12.4. The molecule has 4 aromatic rings. The number of aromatic nitrogens is 2. The third-order valence-corrected chi connectivity index (χ3v) is 5.24. The molecule has 0 bridgehead atoms. The fraction of sp³-hybridized carbons (Fsp3) is 0.0909. The Balaban J connectivity index is 1.92. The Labute approximate surface area is 171 Å². The number of pyridine rings is 2. The van der Waals surface area contributed by atoms with E-state index < -0.39 is 6.10 Å². The summed E-state index contributed by atoms with van der Waals surface area (Å²) in [5.74, 6) is 0. The molecule has 2 aromatic heterocycles. The fourth-order valence-electron chi connectivity index (χ4n) is 3.22. The second kappa shape index (κ2) is 7.40. The van der Waals surface area contributed by atoms with E-state index in [1.165, 1.54) is 4.57 Å². The number of aryl methyl sites for hydroxylation is 1. The van der Waals surface area contributed by atoms with E-state index in [1.54, 1.807) is 49.6 Å². The van der Waals surface area contributed by atoms with Crippen molar-refractivity contribution in [3.8, 4) is 11.1 Å². The molecule has 1 unspecified atom stereocenters. The standard InChI is InChI=1S/C22H16Cl2N2O2/c1-26-20-12-25-19(22(28)13-5-7-15(23)8-6-13)10-18(20)17(11-21(26)27)14-3-2-4-16(24)9-14/h2-12,22,28H,1H3. The summed E-state index contributed by atoms with van der Waals surface area (Å²) in [6.07, 6.45) is 0.699. The molecule has 0 saturated heterocycles. The minimum atomic E-state index is -0.911. The highest BCUT2D eigenvalue weighted by molar-refractivity contribution is 6.31. The minimum Gasteiger partial charge on any atom is -0.382 e. The van der Waals surface area contributed by atoms with Gasteiger partial charge >= 0.3 is 0 Å². The van der Waals surface area contributed by atoms with Crippen molar-refractivity contribution in [2.75, 3.05) is 0 Å². The number of halogens is 2. The van der Waals surface area contributed by atoms with Gasteiger partial charge in [-0.05, 0) is 47.0 Å². The minimum absolute atomic E-state index is 0.143. The molecule has 4 rings (SSSR count). The van der Waals surface area contributed by atoms with Crippen LogP contribution in [-0.2, 0) is 7.05 Å². The molecule has 0 saturated carbocycles. The van der Waals surface area contributed by atoms with Gasteiger partial charge in [0.05, 0.1) is 17.4 Å². The summed E-state index contributed by atoms with van der Waals surface area (Å²) < 4.78 is 1.54. The molecule has 0 radical (unpaired) electrons. The van der Waals surface area contributed by atoms with Crippen LogP contribution in [0.25, 0.3) is 22.0 Å². The molecule has 140 valence electrons. The molecular weight excluding hydrogens is 395 g/mol. The summed E-state index contributed by atoms with van der Waals surface area (Å²) in [6, 6.07) is 17.7. The Morgan fingerprint density at radius 1 is 1.00 bits per heavy atom. The van der Waals surface area contributed by atoms with Crippen molar-refractivity contribution in [1.29, 1.82) is 0 Å². The van der Waals surface area contributed by atoms with Crippen LogP contribution in [0.3, 0.4) is 0 Å². The molecule has 6 heteroatoms. The van der Waals surface area contributed by atoms with Crippen LogP contribution in [0.15, 0.2) is 71.7 Å². The summed E-state index contributed by atoms with van der Waals surface area (Å²) in [5, 5.41) is 12.8. The van der Waals surface area contributed by atoms with Crippen LogP contribution in [0.4, 0.5) is 0 Å². The van der Waals surface area contributed by atoms with Crippen LogP contribution >= 0.6 is 23.2 Å². The molecule has 2 aromatic carbocycles. The number of hydrogen-bond acceptors (Lipinski definition) is 3. The number of nitrogens with zero attached hydrogens (tertiary/aromatic N) is 2. The molecule has 1 N–H and O–H groups in total. The first-order valence-electron chi connectivity index (χ1n) is 8.63. The van der Waals surface area contributed by atoms with Crippen molar-refractivity contribution in [2.45, 2.75) is 6.10 Å². The molecule has 0 aliphatic heterocycles. The molecule has 0 aliphatic carbocycles. The van der Waals surface area contributed by atoms with Gasteiger partial charge in [-0.1, -0.05) is 47.5 Å². The zero-order valence-corrected chi connectivity index (χ0v) is 16.4. The van der Waals surface area contributed by atoms with Crippen molar-refractivity contribution in [3.05, 3.63) is 98.5 Å². The second-order valence-electron chi connectivity index (χ2n) is 6.55. The zero-order chi connectivity index (χ0) is 19.8. The molecule has 4 nitrogen and oxygen atoms in total. The Hall–Kier alpha value is -2.66. The van der Waals surface area contributed by atoms with Gasteiger partial charge in [-0.15, -0.1) is 0 Å². The van der Waals surface area contributed by atoms with Gasteiger partial charge in [-0.3, -0.25) is 9.78 Å². The van der Waals surface area contributed by atoms with Gasteiger partial charge in [0.2, 0.25) is 0 Å². The van der Waals surface area contributed by atoms with Gasteiger partial charge in [-0.2, -0.15) is 0 Å². The van der Waals surface area contributed by atoms with E-state index in [-0.39, 0.29) is 5.56 Å². The van der Waals surface area contributed by atoms with Crippen LogP contribution in [0, 0.1) is 0 Å². The fourth-order valence-corrected chi connectivity index (χ4v) is 3.54. The lowest BCUT2D eigenvalue weighted by molar-refractivity contribution is 0.215. The van der Waals surface area contributed by atoms with Gasteiger partial charge in [-0.25, -0.2) is 0 Å². The number of hydrogen-bond donors (Lipinski definition) is 1. The molecule has 0 fully saturated rings. The molecule has 0 aliphatic rings. The normalized spacial score (nSPS) is 12.3. The summed E-state index contributed by atoms with van der Waals surface area (Å²) in [7, 11) is 1.70. The smallest absolute Gasteiger partial charge is 0.251 e. The first kappa shape index (κ1) is 18.7. The Morgan fingerprint density at radius 3 is 2.46 bits per heavy atom. The van der Waals surface area contributed by atoms with E-state index in [0.29, 0.717) is 26.8 Å². The molecule has 28 heavy (non-hydrogen) atoms. The molecule has 0 spiro atoms.